The molecular formula is C20H17ClN2O3. The van der Waals surface area contributed by atoms with Crippen molar-refractivity contribution < 1.29 is 14.3 Å². The highest BCUT2D eigenvalue weighted by atomic mass is 35.5. The van der Waals surface area contributed by atoms with Gasteiger partial charge in [-0.15, -0.1) is 0 Å². The van der Waals surface area contributed by atoms with Crippen molar-refractivity contribution in [3.8, 4) is 17.4 Å². The Labute approximate surface area is 156 Å². The first-order valence-electron chi connectivity index (χ1n) is 8.07. The first-order chi connectivity index (χ1) is 12.7. The van der Waals surface area contributed by atoms with Gasteiger partial charge in [0.05, 0.1) is 6.54 Å². The van der Waals surface area contributed by atoms with Crippen LogP contribution in [0.5, 0.6) is 17.4 Å². The van der Waals surface area contributed by atoms with Gasteiger partial charge in [0, 0.05) is 11.2 Å². The molecule has 3 rings (SSSR count). The number of benzene rings is 2. The first-order valence-corrected chi connectivity index (χ1v) is 8.44. The lowest BCUT2D eigenvalue weighted by Gasteiger charge is -2.11. The minimum Gasteiger partial charge on any atom is -0.492 e. The van der Waals surface area contributed by atoms with Gasteiger partial charge in [-0.3, -0.25) is 4.79 Å². The number of carbonyl (C=O) groups excluding carboxylic acids is 1. The van der Waals surface area contributed by atoms with Gasteiger partial charge in [0.15, 0.2) is 0 Å². The number of para-hydroxylation sites is 1. The van der Waals surface area contributed by atoms with Crippen LogP contribution in [0, 0.1) is 0 Å². The number of pyridine rings is 1. The zero-order chi connectivity index (χ0) is 18.2. The Hall–Kier alpha value is -3.05. The van der Waals surface area contributed by atoms with E-state index >= 15 is 0 Å². The van der Waals surface area contributed by atoms with Crippen molar-refractivity contribution in [1.29, 1.82) is 0 Å². The minimum absolute atomic E-state index is 0.256. The van der Waals surface area contributed by atoms with Crippen LogP contribution < -0.4 is 14.8 Å². The molecule has 26 heavy (non-hydrogen) atoms. The van der Waals surface area contributed by atoms with E-state index < -0.39 is 0 Å². The van der Waals surface area contributed by atoms with Crippen molar-refractivity contribution in [2.24, 2.45) is 0 Å². The standard InChI is InChI=1S/C20H17ClN2O3/c21-15-6-4-9-17(14-15)25-13-12-22-19(24)18-10-5-11-23-20(18)26-16-7-2-1-3-8-16/h1-11,14H,12-13H2,(H,22,24). The third-order valence-corrected chi connectivity index (χ3v) is 3.66. The minimum atomic E-state index is -0.279. The van der Waals surface area contributed by atoms with Crippen LogP contribution >= 0.6 is 11.6 Å². The van der Waals surface area contributed by atoms with E-state index in [9.17, 15) is 4.79 Å². The normalized spacial score (nSPS) is 10.2. The van der Waals surface area contributed by atoms with Crippen LogP contribution in [0.3, 0.4) is 0 Å². The molecule has 0 saturated heterocycles. The molecule has 0 spiro atoms. The molecular weight excluding hydrogens is 352 g/mol. The SMILES string of the molecule is O=C(NCCOc1cccc(Cl)c1)c1cccnc1Oc1ccccc1. The molecule has 1 N–H and O–H groups in total. The molecule has 0 bridgehead atoms. The molecule has 132 valence electrons. The van der Waals surface area contributed by atoms with Crippen LogP contribution in [-0.2, 0) is 0 Å². The maximum atomic E-state index is 12.4. The van der Waals surface area contributed by atoms with E-state index in [1.54, 1.807) is 54.7 Å². The average Bonchev–Trinajstić information content (AvgIpc) is 2.66. The van der Waals surface area contributed by atoms with E-state index in [0.717, 1.165) is 0 Å². The third-order valence-electron chi connectivity index (χ3n) is 3.43. The highest BCUT2D eigenvalue weighted by molar-refractivity contribution is 6.30. The second-order valence-electron chi connectivity index (χ2n) is 5.33. The van der Waals surface area contributed by atoms with Gasteiger partial charge in [0.25, 0.3) is 5.91 Å². The van der Waals surface area contributed by atoms with Crippen molar-refractivity contribution >= 4 is 17.5 Å². The fraction of sp³-hybridized carbons (Fsp3) is 0.100. The number of hydrogen-bond donors (Lipinski definition) is 1. The highest BCUT2D eigenvalue weighted by Crippen LogP contribution is 2.22. The van der Waals surface area contributed by atoms with Gasteiger partial charge in [-0.2, -0.15) is 0 Å². The van der Waals surface area contributed by atoms with E-state index in [4.69, 9.17) is 21.1 Å². The van der Waals surface area contributed by atoms with Gasteiger partial charge in [-0.05, 0) is 42.5 Å². The van der Waals surface area contributed by atoms with Crippen molar-refractivity contribution in [3.05, 3.63) is 83.5 Å². The lowest BCUT2D eigenvalue weighted by atomic mass is 10.2. The van der Waals surface area contributed by atoms with Gasteiger partial charge in [-0.1, -0.05) is 35.9 Å². The van der Waals surface area contributed by atoms with Gasteiger partial charge < -0.3 is 14.8 Å². The fourth-order valence-corrected chi connectivity index (χ4v) is 2.41. The summed E-state index contributed by atoms with van der Waals surface area (Å²) >= 11 is 5.90. The summed E-state index contributed by atoms with van der Waals surface area (Å²) in [6.07, 6.45) is 1.58. The lowest BCUT2D eigenvalue weighted by Crippen LogP contribution is -2.28. The van der Waals surface area contributed by atoms with Gasteiger partial charge in [0.1, 0.15) is 23.7 Å². The Morgan fingerprint density at radius 1 is 1.00 bits per heavy atom. The Morgan fingerprint density at radius 3 is 2.62 bits per heavy atom. The van der Waals surface area contributed by atoms with E-state index in [2.05, 4.69) is 10.3 Å². The molecule has 0 atom stereocenters. The van der Waals surface area contributed by atoms with E-state index in [0.29, 0.717) is 35.2 Å². The van der Waals surface area contributed by atoms with Gasteiger partial charge in [0.2, 0.25) is 5.88 Å². The van der Waals surface area contributed by atoms with Crippen LogP contribution in [0.25, 0.3) is 0 Å². The second-order valence-corrected chi connectivity index (χ2v) is 5.77. The Balaban J connectivity index is 1.56. The predicted octanol–water partition coefficient (Wildman–Crippen LogP) is 4.34. The summed E-state index contributed by atoms with van der Waals surface area (Å²) in [5.41, 5.74) is 0.360. The molecule has 0 aliphatic heterocycles. The Kier molecular flexibility index (Phi) is 6.06. The van der Waals surface area contributed by atoms with Gasteiger partial charge >= 0.3 is 0 Å². The summed E-state index contributed by atoms with van der Waals surface area (Å²) in [7, 11) is 0. The molecule has 0 unspecified atom stereocenters. The van der Waals surface area contributed by atoms with Crippen molar-refractivity contribution in [3.63, 3.8) is 0 Å². The van der Waals surface area contributed by atoms with Crippen LogP contribution in [0.4, 0.5) is 0 Å². The van der Waals surface area contributed by atoms with E-state index in [-0.39, 0.29) is 11.8 Å². The quantitative estimate of drug-likeness (QED) is 0.630. The summed E-state index contributed by atoms with van der Waals surface area (Å²) in [5.74, 6) is 1.25. The monoisotopic (exact) mass is 368 g/mol. The topological polar surface area (TPSA) is 60.5 Å². The summed E-state index contributed by atoms with van der Waals surface area (Å²) in [6.45, 7) is 0.659. The zero-order valence-corrected chi connectivity index (χ0v) is 14.6. The Bertz CT molecular complexity index is 872. The smallest absolute Gasteiger partial charge is 0.256 e. The molecule has 1 amide bonds. The number of aromatic nitrogens is 1. The molecule has 0 aliphatic carbocycles. The number of rotatable bonds is 7. The molecule has 0 fully saturated rings. The molecule has 1 aromatic heterocycles. The number of halogens is 1. The molecule has 2 aromatic carbocycles. The second kappa shape index (κ2) is 8.87. The number of nitrogens with zero attached hydrogens (tertiary/aromatic N) is 1. The number of amides is 1. The van der Waals surface area contributed by atoms with E-state index in [1.807, 2.05) is 18.2 Å². The molecule has 1 heterocycles. The average molecular weight is 369 g/mol. The lowest BCUT2D eigenvalue weighted by molar-refractivity contribution is 0.0944. The fourth-order valence-electron chi connectivity index (χ4n) is 2.23. The number of ether oxygens (including phenoxy) is 2. The summed E-state index contributed by atoms with van der Waals surface area (Å²) in [4.78, 5) is 16.6. The molecule has 6 heteroatoms. The summed E-state index contributed by atoms with van der Waals surface area (Å²) in [5, 5.41) is 3.39. The van der Waals surface area contributed by atoms with Crippen molar-refractivity contribution in [2.45, 2.75) is 0 Å². The highest BCUT2D eigenvalue weighted by Gasteiger charge is 2.13. The molecule has 0 aliphatic rings. The van der Waals surface area contributed by atoms with Crippen molar-refractivity contribution in [1.82, 2.24) is 10.3 Å². The van der Waals surface area contributed by atoms with Crippen LogP contribution in [0.2, 0.25) is 5.02 Å². The zero-order valence-electron chi connectivity index (χ0n) is 13.9. The van der Waals surface area contributed by atoms with Crippen LogP contribution in [0.1, 0.15) is 10.4 Å². The summed E-state index contributed by atoms with van der Waals surface area (Å²) < 4.78 is 11.3. The molecule has 0 saturated carbocycles. The number of hydrogen-bond acceptors (Lipinski definition) is 4. The van der Waals surface area contributed by atoms with Crippen LogP contribution in [-0.4, -0.2) is 24.0 Å². The number of carbonyl (C=O) groups is 1. The third kappa shape index (κ3) is 4.97. The van der Waals surface area contributed by atoms with Crippen LogP contribution in [0.15, 0.2) is 72.9 Å². The molecule has 0 radical (unpaired) electrons. The molecule has 3 aromatic rings. The predicted molar refractivity (Wildman–Crippen MR) is 100 cm³/mol. The van der Waals surface area contributed by atoms with Gasteiger partial charge in [-0.25, -0.2) is 4.98 Å². The number of nitrogens with one attached hydrogen (secondary N) is 1. The molecule has 5 nitrogen and oxygen atoms in total. The van der Waals surface area contributed by atoms with Crippen molar-refractivity contribution in [2.75, 3.05) is 13.2 Å². The maximum Gasteiger partial charge on any atom is 0.256 e. The maximum absolute atomic E-state index is 12.4. The Morgan fingerprint density at radius 2 is 1.81 bits per heavy atom. The summed E-state index contributed by atoms with van der Waals surface area (Å²) in [6, 6.07) is 19.6. The largest absolute Gasteiger partial charge is 0.492 e. The van der Waals surface area contributed by atoms with E-state index in [1.165, 1.54) is 0 Å². The first kappa shape index (κ1) is 17.8.